The van der Waals surface area contributed by atoms with Crippen LogP contribution < -0.4 is 10.2 Å². The summed E-state index contributed by atoms with van der Waals surface area (Å²) in [5.41, 5.74) is 0.825. The molecule has 2 heterocycles. The van der Waals surface area contributed by atoms with Crippen molar-refractivity contribution in [1.29, 1.82) is 0 Å². The van der Waals surface area contributed by atoms with E-state index in [-0.39, 0.29) is 11.8 Å². The Morgan fingerprint density at radius 3 is 2.75 bits per heavy atom. The first-order valence-corrected chi connectivity index (χ1v) is 9.10. The smallest absolute Gasteiger partial charge is 0.239 e. The lowest BCUT2D eigenvalue weighted by atomic mass is 10.1. The maximum absolute atomic E-state index is 12.6. The van der Waals surface area contributed by atoms with Crippen LogP contribution in [0.1, 0.15) is 6.42 Å². The Hall–Kier alpha value is -1.44. The summed E-state index contributed by atoms with van der Waals surface area (Å²) >= 11 is 3.47. The van der Waals surface area contributed by atoms with Crippen molar-refractivity contribution in [3.63, 3.8) is 0 Å². The largest absolute Gasteiger partial charge is 0.379 e. The number of rotatable bonds is 5. The van der Waals surface area contributed by atoms with Gasteiger partial charge in [-0.15, -0.1) is 0 Å². The standard InChI is InChI=1S/C17H22BrN3O3/c18-14-3-1-2-4-15(14)21-7-5-13(17(21)23)16(22)19-6-8-20-9-11-24-12-10-20/h1-4,13H,5-12H2,(H,19,22)/t13-/m1/s1. The van der Waals surface area contributed by atoms with E-state index < -0.39 is 5.92 Å². The maximum Gasteiger partial charge on any atom is 0.239 e. The van der Waals surface area contributed by atoms with Gasteiger partial charge >= 0.3 is 0 Å². The van der Waals surface area contributed by atoms with Crippen molar-refractivity contribution >= 4 is 33.4 Å². The first-order chi connectivity index (χ1) is 11.7. The van der Waals surface area contributed by atoms with Gasteiger partial charge in [0.1, 0.15) is 5.92 Å². The Kier molecular flexibility index (Phi) is 5.86. The Morgan fingerprint density at radius 2 is 2.00 bits per heavy atom. The summed E-state index contributed by atoms with van der Waals surface area (Å²) in [7, 11) is 0. The number of ether oxygens (including phenoxy) is 1. The fourth-order valence-corrected chi connectivity index (χ4v) is 3.62. The molecule has 3 rings (SSSR count). The highest BCUT2D eigenvalue weighted by atomic mass is 79.9. The number of halogens is 1. The van der Waals surface area contributed by atoms with Gasteiger partial charge in [0, 0.05) is 37.2 Å². The molecule has 0 saturated carbocycles. The lowest BCUT2D eigenvalue weighted by Gasteiger charge is -2.26. The van der Waals surface area contributed by atoms with E-state index in [2.05, 4.69) is 26.1 Å². The molecule has 2 fully saturated rings. The molecule has 2 aliphatic heterocycles. The molecule has 1 aromatic carbocycles. The Labute approximate surface area is 150 Å². The zero-order chi connectivity index (χ0) is 16.9. The van der Waals surface area contributed by atoms with Gasteiger partial charge in [-0.05, 0) is 34.5 Å². The van der Waals surface area contributed by atoms with E-state index in [4.69, 9.17) is 4.74 Å². The second-order valence-electron chi connectivity index (χ2n) is 6.03. The highest BCUT2D eigenvalue weighted by Gasteiger charge is 2.37. The highest BCUT2D eigenvalue weighted by Crippen LogP contribution is 2.31. The van der Waals surface area contributed by atoms with Gasteiger partial charge in [-0.1, -0.05) is 12.1 Å². The van der Waals surface area contributed by atoms with Gasteiger partial charge in [-0.2, -0.15) is 0 Å². The molecule has 7 heteroatoms. The van der Waals surface area contributed by atoms with Crippen LogP contribution in [-0.2, 0) is 14.3 Å². The summed E-state index contributed by atoms with van der Waals surface area (Å²) in [5, 5.41) is 2.91. The average molecular weight is 396 g/mol. The molecule has 2 amide bonds. The van der Waals surface area contributed by atoms with E-state index in [0.29, 0.717) is 19.5 Å². The van der Waals surface area contributed by atoms with Crippen molar-refractivity contribution in [2.75, 3.05) is 50.8 Å². The van der Waals surface area contributed by atoms with E-state index in [1.165, 1.54) is 0 Å². The van der Waals surface area contributed by atoms with E-state index in [9.17, 15) is 9.59 Å². The predicted octanol–water partition coefficient (Wildman–Crippen LogP) is 1.25. The molecule has 2 aliphatic rings. The second-order valence-corrected chi connectivity index (χ2v) is 6.88. The maximum atomic E-state index is 12.6. The van der Waals surface area contributed by atoms with Crippen molar-refractivity contribution in [1.82, 2.24) is 10.2 Å². The molecule has 0 aliphatic carbocycles. The minimum Gasteiger partial charge on any atom is -0.379 e. The molecule has 0 unspecified atom stereocenters. The number of hydrogen-bond acceptors (Lipinski definition) is 4. The molecular formula is C17H22BrN3O3. The third-order valence-electron chi connectivity index (χ3n) is 4.50. The Bertz CT molecular complexity index is 604. The normalized spacial score (nSPS) is 22.0. The van der Waals surface area contributed by atoms with Crippen molar-refractivity contribution in [2.24, 2.45) is 5.92 Å². The Balaban J connectivity index is 1.51. The predicted molar refractivity (Wildman–Crippen MR) is 94.9 cm³/mol. The molecule has 1 N–H and O–H groups in total. The molecule has 1 aromatic rings. The molecule has 130 valence electrons. The van der Waals surface area contributed by atoms with Crippen molar-refractivity contribution in [3.05, 3.63) is 28.7 Å². The van der Waals surface area contributed by atoms with Gasteiger partial charge in [0.15, 0.2) is 0 Å². The molecule has 0 spiro atoms. The SMILES string of the molecule is O=C(NCCN1CCOCC1)[C@H]1CCN(c2ccccc2Br)C1=O. The zero-order valence-corrected chi connectivity index (χ0v) is 15.1. The fourth-order valence-electron chi connectivity index (χ4n) is 3.12. The third kappa shape index (κ3) is 3.96. The zero-order valence-electron chi connectivity index (χ0n) is 13.5. The quantitative estimate of drug-likeness (QED) is 0.762. The number of amides is 2. The monoisotopic (exact) mass is 395 g/mol. The van der Waals surface area contributed by atoms with E-state index >= 15 is 0 Å². The third-order valence-corrected chi connectivity index (χ3v) is 5.17. The van der Waals surface area contributed by atoms with E-state index in [0.717, 1.165) is 43.0 Å². The van der Waals surface area contributed by atoms with Gasteiger partial charge in [0.25, 0.3) is 0 Å². The summed E-state index contributed by atoms with van der Waals surface area (Å²) in [5.74, 6) is -0.865. The van der Waals surface area contributed by atoms with Crippen LogP contribution in [0.5, 0.6) is 0 Å². The number of carbonyl (C=O) groups excluding carboxylic acids is 2. The number of carbonyl (C=O) groups is 2. The first kappa shape index (κ1) is 17.4. The molecule has 6 nitrogen and oxygen atoms in total. The molecule has 0 aromatic heterocycles. The summed E-state index contributed by atoms with van der Waals surface area (Å²) in [6, 6.07) is 7.59. The number of anilines is 1. The number of para-hydroxylation sites is 1. The number of nitrogens with one attached hydrogen (secondary N) is 1. The molecule has 2 saturated heterocycles. The van der Waals surface area contributed by atoms with Crippen LogP contribution in [0, 0.1) is 5.92 Å². The lowest BCUT2D eigenvalue weighted by Crippen LogP contribution is -2.43. The van der Waals surface area contributed by atoms with E-state index in [1.807, 2.05) is 24.3 Å². The van der Waals surface area contributed by atoms with Crippen LogP contribution >= 0.6 is 15.9 Å². The highest BCUT2D eigenvalue weighted by molar-refractivity contribution is 9.10. The van der Waals surface area contributed by atoms with Crippen molar-refractivity contribution < 1.29 is 14.3 Å². The van der Waals surface area contributed by atoms with Crippen LogP contribution in [0.2, 0.25) is 0 Å². The van der Waals surface area contributed by atoms with Crippen LogP contribution in [-0.4, -0.2) is 62.7 Å². The average Bonchev–Trinajstić information content (AvgIpc) is 2.98. The number of morpholine rings is 1. The topological polar surface area (TPSA) is 61.9 Å². The van der Waals surface area contributed by atoms with Crippen LogP contribution in [0.3, 0.4) is 0 Å². The van der Waals surface area contributed by atoms with Crippen LogP contribution in [0.25, 0.3) is 0 Å². The number of benzene rings is 1. The first-order valence-electron chi connectivity index (χ1n) is 8.30. The van der Waals surface area contributed by atoms with Crippen LogP contribution in [0.15, 0.2) is 28.7 Å². The van der Waals surface area contributed by atoms with E-state index in [1.54, 1.807) is 4.90 Å². The summed E-state index contributed by atoms with van der Waals surface area (Å²) in [6.45, 7) is 5.22. The van der Waals surface area contributed by atoms with Crippen molar-refractivity contribution in [2.45, 2.75) is 6.42 Å². The van der Waals surface area contributed by atoms with Gasteiger partial charge in [0.05, 0.1) is 18.9 Å². The summed E-state index contributed by atoms with van der Waals surface area (Å²) in [4.78, 5) is 28.9. The minimum absolute atomic E-state index is 0.120. The summed E-state index contributed by atoms with van der Waals surface area (Å²) in [6.07, 6.45) is 0.559. The fraction of sp³-hybridized carbons (Fsp3) is 0.529. The molecule has 0 bridgehead atoms. The molecule has 24 heavy (non-hydrogen) atoms. The molecule has 1 atom stereocenters. The number of nitrogens with zero attached hydrogens (tertiary/aromatic N) is 2. The second kappa shape index (κ2) is 8.09. The van der Waals surface area contributed by atoms with Gasteiger partial charge in [-0.3, -0.25) is 14.5 Å². The van der Waals surface area contributed by atoms with Crippen LogP contribution in [0.4, 0.5) is 5.69 Å². The van der Waals surface area contributed by atoms with Crippen molar-refractivity contribution in [3.8, 4) is 0 Å². The van der Waals surface area contributed by atoms with Gasteiger partial charge < -0.3 is 15.0 Å². The summed E-state index contributed by atoms with van der Waals surface area (Å²) < 4.78 is 6.17. The lowest BCUT2D eigenvalue weighted by molar-refractivity contribution is -0.132. The van der Waals surface area contributed by atoms with Gasteiger partial charge in [-0.25, -0.2) is 0 Å². The number of hydrogen-bond donors (Lipinski definition) is 1. The van der Waals surface area contributed by atoms with Gasteiger partial charge in [0.2, 0.25) is 11.8 Å². The molecule has 0 radical (unpaired) electrons. The molecular weight excluding hydrogens is 374 g/mol. The Morgan fingerprint density at radius 1 is 1.25 bits per heavy atom. The minimum atomic E-state index is -0.582.